The summed E-state index contributed by atoms with van der Waals surface area (Å²) in [5.41, 5.74) is 0. The average molecular weight is 320 g/mol. The number of thiophene rings is 1. The second-order valence-corrected chi connectivity index (χ2v) is 4.83. The Labute approximate surface area is 119 Å². The standard InChI is InChI=1S/C10H8O10S/c11-3-4(12)6(2(9(17)18)10(19)20)21-5(3)1(7(13)14)8(15)16/h1-2,11-12H,(H,13,14)(H,15,16)(H,17,18)(H,19,20). The molecule has 6 N–H and O–H groups in total. The third-order valence-corrected chi connectivity index (χ3v) is 3.72. The van der Waals surface area contributed by atoms with Crippen LogP contribution in [0.4, 0.5) is 0 Å². The van der Waals surface area contributed by atoms with Crippen molar-refractivity contribution in [3.05, 3.63) is 9.75 Å². The number of carbonyl (C=O) groups is 4. The molecule has 0 spiro atoms. The van der Waals surface area contributed by atoms with Gasteiger partial charge < -0.3 is 30.6 Å². The minimum Gasteiger partial charge on any atom is -0.503 e. The highest BCUT2D eigenvalue weighted by molar-refractivity contribution is 7.13. The van der Waals surface area contributed by atoms with Crippen molar-refractivity contribution in [2.24, 2.45) is 0 Å². The van der Waals surface area contributed by atoms with Crippen molar-refractivity contribution >= 4 is 35.2 Å². The van der Waals surface area contributed by atoms with Crippen LogP contribution < -0.4 is 0 Å². The molecule has 0 saturated heterocycles. The van der Waals surface area contributed by atoms with E-state index in [1.165, 1.54) is 0 Å². The largest absolute Gasteiger partial charge is 0.503 e. The first kappa shape index (κ1) is 16.2. The summed E-state index contributed by atoms with van der Waals surface area (Å²) in [6, 6.07) is 0. The highest BCUT2D eigenvalue weighted by Gasteiger charge is 2.40. The van der Waals surface area contributed by atoms with Crippen LogP contribution >= 0.6 is 11.3 Å². The van der Waals surface area contributed by atoms with Crippen LogP contribution in [-0.4, -0.2) is 54.5 Å². The van der Waals surface area contributed by atoms with E-state index in [1.807, 2.05) is 0 Å². The Morgan fingerprint density at radius 2 is 0.905 bits per heavy atom. The maximum atomic E-state index is 10.9. The fourth-order valence-corrected chi connectivity index (χ4v) is 2.76. The molecule has 1 aromatic heterocycles. The molecule has 0 aliphatic heterocycles. The van der Waals surface area contributed by atoms with Crippen LogP contribution in [0, 0.1) is 0 Å². The van der Waals surface area contributed by atoms with Gasteiger partial charge in [0.05, 0.1) is 9.75 Å². The van der Waals surface area contributed by atoms with E-state index in [9.17, 15) is 29.4 Å². The van der Waals surface area contributed by atoms with Crippen LogP contribution in [0.15, 0.2) is 0 Å². The number of aromatic hydroxyl groups is 2. The summed E-state index contributed by atoms with van der Waals surface area (Å²) in [5.74, 6) is -14.3. The Balaban J connectivity index is 3.51. The van der Waals surface area contributed by atoms with Crippen molar-refractivity contribution in [3.63, 3.8) is 0 Å². The van der Waals surface area contributed by atoms with Gasteiger partial charge in [0.15, 0.2) is 23.3 Å². The lowest BCUT2D eigenvalue weighted by molar-refractivity contribution is -0.151. The molecule has 0 bridgehead atoms. The molecular weight excluding hydrogens is 312 g/mol. The molecule has 0 saturated carbocycles. The van der Waals surface area contributed by atoms with Crippen molar-refractivity contribution in [2.45, 2.75) is 11.8 Å². The highest BCUT2D eigenvalue weighted by Crippen LogP contribution is 2.47. The van der Waals surface area contributed by atoms with Crippen molar-refractivity contribution in [2.75, 3.05) is 0 Å². The summed E-state index contributed by atoms with van der Waals surface area (Å²) < 4.78 is 0. The summed E-state index contributed by atoms with van der Waals surface area (Å²) >= 11 is 0.0923. The number of carboxylic acid groups (broad SMARTS) is 4. The quantitative estimate of drug-likeness (QED) is 0.378. The molecule has 0 amide bonds. The van der Waals surface area contributed by atoms with Gasteiger partial charge in [0.25, 0.3) is 0 Å². The van der Waals surface area contributed by atoms with E-state index >= 15 is 0 Å². The molecule has 1 aromatic rings. The monoisotopic (exact) mass is 320 g/mol. The lowest BCUT2D eigenvalue weighted by atomic mass is 10.1. The third kappa shape index (κ3) is 2.86. The van der Waals surface area contributed by atoms with Gasteiger partial charge in [-0.1, -0.05) is 0 Å². The van der Waals surface area contributed by atoms with Crippen LogP contribution in [0.5, 0.6) is 11.5 Å². The number of hydrogen-bond acceptors (Lipinski definition) is 7. The molecule has 0 aromatic carbocycles. The Hall–Kier alpha value is -2.82. The van der Waals surface area contributed by atoms with Crippen LogP contribution in [-0.2, 0) is 19.2 Å². The summed E-state index contributed by atoms with van der Waals surface area (Å²) in [6.45, 7) is 0. The molecule has 11 heteroatoms. The molecule has 0 radical (unpaired) electrons. The third-order valence-electron chi connectivity index (χ3n) is 2.42. The predicted octanol–water partition coefficient (Wildman–Crippen LogP) is -0.335. The van der Waals surface area contributed by atoms with Gasteiger partial charge in [0.1, 0.15) is 0 Å². The van der Waals surface area contributed by atoms with E-state index in [2.05, 4.69) is 0 Å². The molecule has 114 valence electrons. The van der Waals surface area contributed by atoms with Gasteiger partial charge >= 0.3 is 23.9 Å². The van der Waals surface area contributed by atoms with Gasteiger partial charge in [-0.15, -0.1) is 11.3 Å². The van der Waals surface area contributed by atoms with E-state index in [0.717, 1.165) is 0 Å². The van der Waals surface area contributed by atoms with Gasteiger partial charge in [0.2, 0.25) is 0 Å². The normalized spacial score (nSPS) is 10.8. The lowest BCUT2D eigenvalue weighted by Gasteiger charge is -2.05. The molecular formula is C10H8O10S. The van der Waals surface area contributed by atoms with Gasteiger partial charge in [-0.3, -0.25) is 19.2 Å². The van der Waals surface area contributed by atoms with E-state index < -0.39 is 57.0 Å². The molecule has 0 atom stereocenters. The first-order valence-corrected chi connectivity index (χ1v) is 5.86. The minimum atomic E-state index is -2.27. The Morgan fingerprint density at radius 3 is 1.10 bits per heavy atom. The minimum absolute atomic E-state index is 0.0923. The fourth-order valence-electron chi connectivity index (χ4n) is 1.50. The Kier molecular flexibility index (Phi) is 4.38. The maximum Gasteiger partial charge on any atom is 0.323 e. The summed E-state index contributed by atoms with van der Waals surface area (Å²) in [6.07, 6.45) is 0. The summed E-state index contributed by atoms with van der Waals surface area (Å²) in [7, 11) is 0. The Bertz CT molecular complexity index is 550. The molecule has 0 aliphatic rings. The zero-order chi connectivity index (χ0) is 16.5. The van der Waals surface area contributed by atoms with Crippen LogP contribution in [0.25, 0.3) is 0 Å². The molecule has 10 nitrogen and oxygen atoms in total. The van der Waals surface area contributed by atoms with Crippen molar-refractivity contribution in [1.82, 2.24) is 0 Å². The number of carboxylic acids is 4. The number of aliphatic carboxylic acids is 4. The molecule has 0 fully saturated rings. The molecule has 0 unspecified atom stereocenters. The zero-order valence-electron chi connectivity index (χ0n) is 9.88. The van der Waals surface area contributed by atoms with E-state index in [0.29, 0.717) is 0 Å². The number of rotatable bonds is 6. The van der Waals surface area contributed by atoms with Gasteiger partial charge in [-0.25, -0.2) is 0 Å². The van der Waals surface area contributed by atoms with Crippen LogP contribution in [0.2, 0.25) is 0 Å². The SMILES string of the molecule is O=C(O)C(C(=O)O)c1sc(C(C(=O)O)C(=O)O)c(O)c1O. The first-order chi connectivity index (χ1) is 9.59. The average Bonchev–Trinajstić information content (AvgIpc) is 2.57. The maximum absolute atomic E-state index is 10.9. The predicted molar refractivity (Wildman–Crippen MR) is 63.7 cm³/mol. The van der Waals surface area contributed by atoms with E-state index in [1.54, 1.807) is 0 Å². The second kappa shape index (κ2) is 5.66. The molecule has 0 aliphatic carbocycles. The fraction of sp³-hybridized carbons (Fsp3) is 0.200. The second-order valence-electron chi connectivity index (χ2n) is 3.75. The number of hydrogen-bond donors (Lipinski definition) is 6. The van der Waals surface area contributed by atoms with Gasteiger partial charge in [0, 0.05) is 0 Å². The molecule has 1 heterocycles. The van der Waals surface area contributed by atoms with Crippen molar-refractivity contribution < 1.29 is 49.8 Å². The van der Waals surface area contributed by atoms with Crippen LogP contribution in [0.3, 0.4) is 0 Å². The summed E-state index contributed by atoms with van der Waals surface area (Å²) in [5, 5.41) is 54.2. The smallest absolute Gasteiger partial charge is 0.323 e. The van der Waals surface area contributed by atoms with Gasteiger partial charge in [-0.2, -0.15) is 0 Å². The van der Waals surface area contributed by atoms with Gasteiger partial charge in [-0.05, 0) is 0 Å². The van der Waals surface area contributed by atoms with Crippen LogP contribution in [0.1, 0.15) is 21.6 Å². The summed E-state index contributed by atoms with van der Waals surface area (Å²) in [4.78, 5) is 41.9. The topological polar surface area (TPSA) is 190 Å². The molecule has 21 heavy (non-hydrogen) atoms. The van der Waals surface area contributed by atoms with Crippen molar-refractivity contribution in [3.8, 4) is 11.5 Å². The highest BCUT2D eigenvalue weighted by atomic mass is 32.1. The van der Waals surface area contributed by atoms with E-state index in [4.69, 9.17) is 20.4 Å². The lowest BCUT2D eigenvalue weighted by Crippen LogP contribution is -2.20. The molecule has 1 rings (SSSR count). The van der Waals surface area contributed by atoms with E-state index in [-0.39, 0.29) is 11.3 Å². The first-order valence-electron chi connectivity index (χ1n) is 5.05. The van der Waals surface area contributed by atoms with Crippen molar-refractivity contribution in [1.29, 1.82) is 0 Å². The zero-order valence-corrected chi connectivity index (χ0v) is 10.7. The Morgan fingerprint density at radius 1 is 0.667 bits per heavy atom.